The van der Waals surface area contributed by atoms with Crippen molar-refractivity contribution in [3.8, 4) is 0 Å². The van der Waals surface area contributed by atoms with Gasteiger partial charge in [0.25, 0.3) is 11.8 Å². The molecular formula is C21H23N9O8S3. The van der Waals surface area contributed by atoms with E-state index in [2.05, 4.69) is 41.4 Å². The van der Waals surface area contributed by atoms with Crippen LogP contribution in [0.3, 0.4) is 0 Å². The topological polar surface area (TPSA) is 231 Å². The lowest BCUT2D eigenvalue weighted by atomic mass is 10.0. The van der Waals surface area contributed by atoms with Gasteiger partial charge in [0, 0.05) is 16.9 Å². The summed E-state index contributed by atoms with van der Waals surface area (Å²) in [4.78, 5) is 71.5. The van der Waals surface area contributed by atoms with E-state index < -0.39 is 47.4 Å². The Hall–Kier alpha value is -4.04. The van der Waals surface area contributed by atoms with E-state index in [1.165, 1.54) is 17.1 Å². The van der Waals surface area contributed by atoms with Crippen LogP contribution in [0.1, 0.15) is 26.5 Å². The molecule has 2 aliphatic heterocycles. The zero-order valence-electron chi connectivity index (χ0n) is 21.6. The van der Waals surface area contributed by atoms with Gasteiger partial charge < -0.3 is 25.3 Å². The van der Waals surface area contributed by atoms with Crippen LogP contribution in [0.2, 0.25) is 0 Å². The molecule has 17 nitrogen and oxygen atoms in total. The van der Waals surface area contributed by atoms with Gasteiger partial charge in [0.2, 0.25) is 18.2 Å². The molecule has 20 heteroatoms. The van der Waals surface area contributed by atoms with Crippen LogP contribution in [-0.2, 0) is 33.5 Å². The van der Waals surface area contributed by atoms with Gasteiger partial charge in [-0.25, -0.2) is 14.6 Å². The number of esters is 1. The van der Waals surface area contributed by atoms with Crippen molar-refractivity contribution in [3.63, 3.8) is 0 Å². The molecular weight excluding hydrogens is 602 g/mol. The summed E-state index contributed by atoms with van der Waals surface area (Å²) in [6.07, 6.45) is 0.406. The van der Waals surface area contributed by atoms with Crippen molar-refractivity contribution in [3.05, 3.63) is 22.3 Å². The normalized spacial score (nSPS) is 18.8. The van der Waals surface area contributed by atoms with Crippen LogP contribution in [0.5, 0.6) is 0 Å². The van der Waals surface area contributed by atoms with Gasteiger partial charge in [-0.15, -0.1) is 33.3 Å². The Balaban J connectivity index is 1.48. The molecule has 2 atom stereocenters. The van der Waals surface area contributed by atoms with E-state index in [-0.39, 0.29) is 33.7 Å². The molecule has 0 bridgehead atoms. The summed E-state index contributed by atoms with van der Waals surface area (Å²) < 4.78 is 5.15. The first kappa shape index (κ1) is 29.9. The van der Waals surface area contributed by atoms with Gasteiger partial charge in [-0.1, -0.05) is 16.9 Å². The molecule has 1 saturated heterocycles. The third-order valence-corrected chi connectivity index (χ3v) is 8.18. The van der Waals surface area contributed by atoms with E-state index in [1.54, 1.807) is 20.8 Å². The maximum atomic E-state index is 13.3. The number of ether oxygens (including phenoxy) is 1. The molecule has 0 aliphatic carbocycles. The number of tetrazole rings is 1. The highest BCUT2D eigenvalue weighted by molar-refractivity contribution is 8.01. The molecule has 2 aromatic heterocycles. The number of fused-ring (bicyclic) bond motifs is 1. The highest BCUT2D eigenvalue weighted by Crippen LogP contribution is 2.41. The van der Waals surface area contributed by atoms with E-state index >= 15 is 0 Å². The SMILES string of the molecule is CC(C)(C)OC(=O)CON=C(C(=O)NC1C(=O)N2C(C(=O)O)=C(CSc3nn[nH]n3)CS[C@@H]12)c1csc(NC=O)n1. The number of aromatic nitrogens is 5. The van der Waals surface area contributed by atoms with Crippen molar-refractivity contribution < 1.29 is 38.7 Å². The van der Waals surface area contributed by atoms with Gasteiger partial charge in [0.05, 0.1) is 0 Å². The zero-order valence-corrected chi connectivity index (χ0v) is 24.1. The van der Waals surface area contributed by atoms with Crippen molar-refractivity contribution in [2.24, 2.45) is 5.16 Å². The number of amides is 3. The lowest BCUT2D eigenvalue weighted by Crippen LogP contribution is -2.71. The lowest BCUT2D eigenvalue weighted by Gasteiger charge is -2.49. The molecule has 41 heavy (non-hydrogen) atoms. The first-order valence-corrected chi connectivity index (χ1v) is 14.5. The van der Waals surface area contributed by atoms with Crippen LogP contribution >= 0.6 is 34.9 Å². The van der Waals surface area contributed by atoms with Crippen LogP contribution in [0.4, 0.5) is 5.13 Å². The number of rotatable bonds is 12. The summed E-state index contributed by atoms with van der Waals surface area (Å²) in [6, 6.07) is -1.07. The molecule has 218 valence electrons. The molecule has 4 heterocycles. The van der Waals surface area contributed by atoms with Crippen molar-refractivity contribution in [2.45, 2.75) is 42.9 Å². The number of β-lactam (4-membered cyclic amide) rings is 1. The van der Waals surface area contributed by atoms with Gasteiger partial charge >= 0.3 is 11.9 Å². The number of hydrogen-bond acceptors (Lipinski definition) is 15. The number of carboxylic acid groups (broad SMARTS) is 1. The lowest BCUT2D eigenvalue weighted by molar-refractivity contribution is -0.160. The number of thioether (sulfide) groups is 2. The van der Waals surface area contributed by atoms with Gasteiger partial charge in [0.1, 0.15) is 28.4 Å². The third-order valence-electron chi connectivity index (χ3n) is 5.14. The van der Waals surface area contributed by atoms with E-state index in [4.69, 9.17) is 9.57 Å². The second kappa shape index (κ2) is 12.6. The van der Waals surface area contributed by atoms with Crippen molar-refractivity contribution in [2.75, 3.05) is 23.4 Å². The van der Waals surface area contributed by atoms with Crippen LogP contribution < -0.4 is 10.6 Å². The first-order chi connectivity index (χ1) is 19.5. The fourth-order valence-electron chi connectivity index (χ4n) is 3.59. The average Bonchev–Trinajstić information content (AvgIpc) is 3.59. The van der Waals surface area contributed by atoms with E-state index in [0.29, 0.717) is 17.1 Å². The quantitative estimate of drug-likeness (QED) is 0.0599. The number of aromatic amines is 1. The van der Waals surface area contributed by atoms with Crippen molar-refractivity contribution in [1.29, 1.82) is 0 Å². The summed E-state index contributed by atoms with van der Waals surface area (Å²) in [7, 11) is 0. The maximum Gasteiger partial charge on any atom is 0.352 e. The minimum Gasteiger partial charge on any atom is -0.477 e. The standard InChI is InChI=1S/C21H23N9O8S3/c1-21(2,3)38-11(32)4-37-27-12(10-7-41-19(23-10)22-8-31)15(33)24-13-16(34)30-14(18(35)36)9(5-39-17(13)30)6-40-20-25-28-29-26-20/h7-8,13,17H,4-6H2,1-3H3,(H,24,33)(H,35,36)(H,22,23,31)(H,25,26,28,29)/t13?,17-/m0/s1. The second-order valence-electron chi connectivity index (χ2n) is 9.20. The second-order valence-corrected chi connectivity index (χ2v) is 12.1. The number of H-pyrrole nitrogens is 1. The Kier molecular flexibility index (Phi) is 9.23. The van der Waals surface area contributed by atoms with Gasteiger partial charge in [-0.2, -0.15) is 5.21 Å². The summed E-state index contributed by atoms with van der Waals surface area (Å²) >= 11 is 3.44. The molecule has 4 N–H and O–H groups in total. The largest absolute Gasteiger partial charge is 0.477 e. The molecule has 3 amide bonds. The smallest absolute Gasteiger partial charge is 0.352 e. The number of thiazole rings is 1. The molecule has 0 aromatic carbocycles. The van der Waals surface area contributed by atoms with Gasteiger partial charge in [0.15, 0.2) is 10.8 Å². The maximum absolute atomic E-state index is 13.3. The third kappa shape index (κ3) is 7.19. The molecule has 1 unspecified atom stereocenters. The Morgan fingerprint density at radius 3 is 2.80 bits per heavy atom. The number of carbonyl (C=O) groups excluding carboxylic acids is 4. The number of anilines is 1. The Morgan fingerprint density at radius 1 is 1.37 bits per heavy atom. The number of carboxylic acids is 1. The highest BCUT2D eigenvalue weighted by atomic mass is 32.2. The van der Waals surface area contributed by atoms with Crippen LogP contribution in [-0.4, -0.2) is 107 Å². The fraction of sp³-hybridized carbons (Fsp3) is 0.429. The minimum absolute atomic E-state index is 0.00728. The van der Waals surface area contributed by atoms with Crippen molar-refractivity contribution in [1.82, 2.24) is 35.8 Å². The summed E-state index contributed by atoms with van der Waals surface area (Å²) in [5, 5.41) is 33.1. The Morgan fingerprint density at radius 2 is 2.15 bits per heavy atom. The van der Waals surface area contributed by atoms with E-state index in [0.717, 1.165) is 28.0 Å². The van der Waals surface area contributed by atoms with Gasteiger partial charge in [-0.05, 0) is 31.6 Å². The molecule has 1 fully saturated rings. The van der Waals surface area contributed by atoms with Crippen molar-refractivity contribution >= 4 is 75.9 Å². The first-order valence-electron chi connectivity index (χ1n) is 11.6. The minimum atomic E-state index is -1.28. The number of nitrogens with one attached hydrogen (secondary N) is 3. The van der Waals surface area contributed by atoms with Gasteiger partial charge in [-0.3, -0.25) is 19.3 Å². The molecule has 2 aromatic rings. The molecule has 0 spiro atoms. The highest BCUT2D eigenvalue weighted by Gasteiger charge is 2.54. The predicted octanol–water partition coefficient (Wildman–Crippen LogP) is -0.182. The molecule has 0 radical (unpaired) electrons. The molecule has 0 saturated carbocycles. The fourth-order valence-corrected chi connectivity index (χ4v) is 6.47. The van der Waals surface area contributed by atoms with E-state index in [1.807, 2.05) is 0 Å². The van der Waals surface area contributed by atoms with E-state index in [9.17, 15) is 29.1 Å². The van der Waals surface area contributed by atoms with Crippen LogP contribution in [0, 0.1) is 0 Å². The number of aliphatic carboxylic acids is 1. The molecule has 2 aliphatic rings. The Bertz CT molecular complexity index is 1400. The average molecular weight is 626 g/mol. The van der Waals surface area contributed by atoms with Crippen LogP contribution in [0.25, 0.3) is 0 Å². The number of oxime groups is 1. The predicted molar refractivity (Wildman–Crippen MR) is 145 cm³/mol. The Labute approximate surface area is 243 Å². The van der Waals surface area contributed by atoms with Crippen LogP contribution in [0.15, 0.2) is 27.0 Å². The monoisotopic (exact) mass is 625 g/mol. The number of nitrogens with zero attached hydrogens (tertiary/aromatic N) is 6. The summed E-state index contributed by atoms with van der Waals surface area (Å²) in [6.45, 7) is 4.41. The summed E-state index contributed by atoms with van der Waals surface area (Å²) in [5.41, 5.74) is -0.812. The summed E-state index contributed by atoms with van der Waals surface area (Å²) in [5.74, 6) is -3.02. The number of carbonyl (C=O) groups is 5. The zero-order chi connectivity index (χ0) is 29.7. The number of hydrogen-bond donors (Lipinski definition) is 4. The molecule has 4 rings (SSSR count).